The van der Waals surface area contributed by atoms with Gasteiger partial charge in [0.25, 0.3) is 0 Å². The van der Waals surface area contributed by atoms with Crippen molar-refractivity contribution in [3.05, 3.63) is 31.7 Å². The standard InChI is InChI=1S/C9H15.Y/c1-3-5-7-9-8-6-4-2;/h3-4,9H,1-2,5-8H2;/q-1;. The Morgan fingerprint density at radius 3 is 1.70 bits per heavy atom. The van der Waals surface area contributed by atoms with E-state index in [0.717, 1.165) is 25.7 Å². The van der Waals surface area contributed by atoms with Crippen LogP contribution in [0.3, 0.4) is 0 Å². The van der Waals surface area contributed by atoms with Gasteiger partial charge in [-0.05, 0) is 0 Å². The van der Waals surface area contributed by atoms with Gasteiger partial charge in [0.2, 0.25) is 0 Å². The molecule has 0 N–H and O–H groups in total. The van der Waals surface area contributed by atoms with Crippen molar-refractivity contribution in [2.45, 2.75) is 25.7 Å². The maximum absolute atomic E-state index is 3.64. The molecule has 0 aliphatic heterocycles. The van der Waals surface area contributed by atoms with Crippen LogP contribution in [0.15, 0.2) is 25.3 Å². The van der Waals surface area contributed by atoms with Crippen molar-refractivity contribution in [3.63, 3.8) is 0 Å². The van der Waals surface area contributed by atoms with E-state index in [0.29, 0.717) is 0 Å². The minimum absolute atomic E-state index is 0. The summed E-state index contributed by atoms with van der Waals surface area (Å²) in [6.45, 7) is 7.28. The molecule has 0 nitrogen and oxygen atoms in total. The van der Waals surface area contributed by atoms with Crippen LogP contribution in [0.5, 0.6) is 0 Å². The topological polar surface area (TPSA) is 0 Å². The fraction of sp³-hybridized carbons (Fsp3) is 0.444. The van der Waals surface area contributed by atoms with Gasteiger partial charge < -0.3 is 6.42 Å². The van der Waals surface area contributed by atoms with Gasteiger partial charge in [0, 0.05) is 32.7 Å². The van der Waals surface area contributed by atoms with E-state index in [9.17, 15) is 0 Å². The van der Waals surface area contributed by atoms with Crippen LogP contribution >= 0.6 is 0 Å². The summed E-state index contributed by atoms with van der Waals surface area (Å²) in [7, 11) is 0. The molecule has 0 aromatic rings. The van der Waals surface area contributed by atoms with Crippen molar-refractivity contribution in [3.8, 4) is 0 Å². The molecule has 0 aromatic heterocycles. The summed E-state index contributed by atoms with van der Waals surface area (Å²) in [4.78, 5) is 0. The van der Waals surface area contributed by atoms with Gasteiger partial charge in [0.05, 0.1) is 0 Å². The van der Waals surface area contributed by atoms with Gasteiger partial charge in [-0.3, -0.25) is 0 Å². The molecule has 55 valence electrons. The zero-order valence-electron chi connectivity index (χ0n) is 6.55. The third kappa shape index (κ3) is 11.4. The zero-order valence-corrected chi connectivity index (χ0v) is 9.39. The summed E-state index contributed by atoms with van der Waals surface area (Å²) in [6.07, 6.45) is 10.7. The molecule has 0 saturated heterocycles. The molecule has 0 amide bonds. The molecular weight excluding hydrogens is 197 g/mol. The Bertz CT molecular complexity index is 66.8. The summed E-state index contributed by atoms with van der Waals surface area (Å²) in [5, 5.41) is 0. The summed E-state index contributed by atoms with van der Waals surface area (Å²) in [5.74, 6) is 0. The van der Waals surface area contributed by atoms with Gasteiger partial charge in [-0.15, -0.1) is 13.2 Å². The van der Waals surface area contributed by atoms with E-state index in [2.05, 4.69) is 19.6 Å². The van der Waals surface area contributed by atoms with Crippen molar-refractivity contribution >= 4 is 0 Å². The molecule has 0 fully saturated rings. The van der Waals surface area contributed by atoms with Crippen LogP contribution in [-0.4, -0.2) is 0 Å². The molecule has 0 aliphatic carbocycles. The van der Waals surface area contributed by atoms with E-state index in [4.69, 9.17) is 0 Å². The second-order valence-electron chi connectivity index (χ2n) is 2.02. The number of hydrogen-bond acceptors (Lipinski definition) is 0. The maximum atomic E-state index is 3.64. The van der Waals surface area contributed by atoms with Crippen LogP contribution in [0, 0.1) is 6.42 Å². The molecule has 1 radical (unpaired) electrons. The first-order valence-corrected chi connectivity index (χ1v) is 3.45. The Hall–Kier alpha value is 0.584. The van der Waals surface area contributed by atoms with Crippen LogP contribution in [0.1, 0.15) is 25.7 Å². The molecular formula is C9H15Y-. The zero-order chi connectivity index (χ0) is 6.95. The molecule has 0 spiro atoms. The van der Waals surface area contributed by atoms with Gasteiger partial charge in [-0.25, -0.2) is 0 Å². The molecule has 0 rings (SSSR count). The van der Waals surface area contributed by atoms with E-state index in [-0.39, 0.29) is 32.7 Å². The number of hydrogen-bond donors (Lipinski definition) is 0. The fourth-order valence-electron chi connectivity index (χ4n) is 0.616. The van der Waals surface area contributed by atoms with Gasteiger partial charge >= 0.3 is 0 Å². The molecule has 0 bridgehead atoms. The molecule has 0 saturated carbocycles. The average molecular weight is 212 g/mol. The Kier molecular flexibility index (Phi) is 16.2. The largest absolute Gasteiger partial charge is 0.328 e. The van der Waals surface area contributed by atoms with E-state index in [1.54, 1.807) is 0 Å². The molecule has 0 unspecified atom stereocenters. The third-order valence-electron chi connectivity index (χ3n) is 1.15. The van der Waals surface area contributed by atoms with Gasteiger partial charge in [0.1, 0.15) is 0 Å². The summed E-state index contributed by atoms with van der Waals surface area (Å²) >= 11 is 0. The van der Waals surface area contributed by atoms with Gasteiger partial charge in [-0.2, -0.15) is 12.8 Å². The van der Waals surface area contributed by atoms with Gasteiger partial charge in [-0.1, -0.05) is 25.0 Å². The van der Waals surface area contributed by atoms with Crippen molar-refractivity contribution in [1.29, 1.82) is 0 Å². The predicted molar refractivity (Wildman–Crippen MR) is 43.2 cm³/mol. The molecule has 10 heavy (non-hydrogen) atoms. The van der Waals surface area contributed by atoms with Crippen molar-refractivity contribution in [1.82, 2.24) is 0 Å². The number of rotatable bonds is 6. The van der Waals surface area contributed by atoms with Crippen LogP contribution in [-0.2, 0) is 32.7 Å². The molecule has 1 heteroatoms. The van der Waals surface area contributed by atoms with E-state index < -0.39 is 0 Å². The molecule has 0 heterocycles. The van der Waals surface area contributed by atoms with E-state index >= 15 is 0 Å². The SMILES string of the molecule is C=CCC[CH-]CCC=C.[Y]. The van der Waals surface area contributed by atoms with Crippen LogP contribution in [0.2, 0.25) is 0 Å². The monoisotopic (exact) mass is 212 g/mol. The van der Waals surface area contributed by atoms with Crippen LogP contribution < -0.4 is 0 Å². The van der Waals surface area contributed by atoms with Crippen molar-refractivity contribution < 1.29 is 32.7 Å². The molecule has 0 aliphatic rings. The fourth-order valence-corrected chi connectivity index (χ4v) is 0.616. The Morgan fingerprint density at radius 2 is 1.40 bits per heavy atom. The second-order valence-corrected chi connectivity index (χ2v) is 2.02. The first kappa shape index (κ1) is 13.2. The quantitative estimate of drug-likeness (QED) is 0.360. The first-order chi connectivity index (χ1) is 4.41. The van der Waals surface area contributed by atoms with Crippen molar-refractivity contribution in [2.24, 2.45) is 0 Å². The minimum atomic E-state index is 0. The average Bonchev–Trinajstić information content (AvgIpc) is 1.89. The number of unbranched alkanes of at least 4 members (excludes halogenated alkanes) is 4. The summed E-state index contributed by atoms with van der Waals surface area (Å²) in [5.41, 5.74) is 0. The summed E-state index contributed by atoms with van der Waals surface area (Å²) < 4.78 is 0. The number of allylic oxidation sites excluding steroid dienone is 2. The van der Waals surface area contributed by atoms with Crippen LogP contribution in [0.4, 0.5) is 0 Å². The third-order valence-corrected chi connectivity index (χ3v) is 1.15. The Balaban J connectivity index is 0. The van der Waals surface area contributed by atoms with E-state index in [1.807, 2.05) is 12.2 Å². The summed E-state index contributed by atoms with van der Waals surface area (Å²) in [6, 6.07) is 0. The van der Waals surface area contributed by atoms with Gasteiger partial charge in [0.15, 0.2) is 0 Å². The second kappa shape index (κ2) is 12.3. The predicted octanol–water partition coefficient (Wildman–Crippen LogP) is 3.12. The van der Waals surface area contributed by atoms with Crippen molar-refractivity contribution in [2.75, 3.05) is 0 Å². The maximum Gasteiger partial charge on any atom is 0 e. The normalized spacial score (nSPS) is 8.00. The smallest absolute Gasteiger partial charge is 0 e. The minimum Gasteiger partial charge on any atom is -0.328 e. The molecule has 0 aromatic carbocycles. The van der Waals surface area contributed by atoms with E-state index in [1.165, 1.54) is 0 Å². The molecule has 0 atom stereocenters. The Morgan fingerprint density at radius 1 is 1.00 bits per heavy atom. The van der Waals surface area contributed by atoms with Crippen LogP contribution in [0.25, 0.3) is 0 Å². The Labute approximate surface area is 89.7 Å². The first-order valence-electron chi connectivity index (χ1n) is 3.45.